The Labute approximate surface area is 66.5 Å². The maximum absolute atomic E-state index is 11.9. The van der Waals surface area contributed by atoms with Crippen LogP contribution in [0.15, 0.2) is 0 Å². The van der Waals surface area contributed by atoms with Gasteiger partial charge in [-0.3, -0.25) is 4.74 Å². The summed E-state index contributed by atoms with van der Waals surface area (Å²) in [5.41, 5.74) is 0. The van der Waals surface area contributed by atoms with Crippen molar-refractivity contribution >= 4 is 0 Å². The molecule has 0 bridgehead atoms. The zero-order valence-corrected chi connectivity index (χ0v) is 6.53. The number of hydrogen-bond acceptors (Lipinski definition) is 1. The summed E-state index contributed by atoms with van der Waals surface area (Å²) in [5.74, 6) is -0.869. The van der Waals surface area contributed by atoms with Gasteiger partial charge in [-0.25, -0.2) is 8.78 Å². The Kier molecular flexibility index (Phi) is 3.89. The zero-order valence-electron chi connectivity index (χ0n) is 6.53. The van der Waals surface area contributed by atoms with Crippen LogP contribution in [0, 0.1) is 5.92 Å². The van der Waals surface area contributed by atoms with Crippen molar-refractivity contribution in [3.05, 3.63) is 0 Å². The van der Waals surface area contributed by atoms with Crippen LogP contribution in [0.2, 0.25) is 0 Å². The first kappa shape index (κ1) is 11.6. The van der Waals surface area contributed by atoms with Gasteiger partial charge < -0.3 is 0 Å². The second-order valence-corrected chi connectivity index (χ2v) is 2.61. The summed E-state index contributed by atoms with van der Waals surface area (Å²) in [5, 5.41) is 0. The minimum Gasteiger partial charge on any atom is -0.282 e. The van der Waals surface area contributed by atoms with Crippen LogP contribution < -0.4 is 0 Å². The molecule has 0 rings (SSSR count). The minimum atomic E-state index is -4.99. The Morgan fingerprint density at radius 1 is 1.08 bits per heavy atom. The first-order valence-corrected chi connectivity index (χ1v) is 3.26. The Hall–Kier alpha value is -0.390. The van der Waals surface area contributed by atoms with E-state index < -0.39 is 24.8 Å². The van der Waals surface area contributed by atoms with Gasteiger partial charge in [0.2, 0.25) is 0 Å². The smallest absolute Gasteiger partial charge is 0.282 e. The Morgan fingerprint density at radius 2 is 1.50 bits per heavy atom. The van der Waals surface area contributed by atoms with Crippen LogP contribution in [0.3, 0.4) is 0 Å². The molecule has 0 aliphatic carbocycles. The van der Waals surface area contributed by atoms with Gasteiger partial charge in [0.1, 0.15) is 6.10 Å². The average molecular weight is 192 g/mol. The Balaban J connectivity index is 4.15. The minimum absolute atomic E-state index is 0.869. The molecule has 0 radical (unpaired) electrons. The van der Waals surface area contributed by atoms with E-state index in [0.29, 0.717) is 0 Å². The molecule has 6 heteroatoms. The monoisotopic (exact) mass is 192 g/mol. The van der Waals surface area contributed by atoms with E-state index in [0.717, 1.165) is 0 Å². The fraction of sp³-hybridized carbons (Fsp3) is 1.00. The summed E-state index contributed by atoms with van der Waals surface area (Å²) < 4.78 is 61.3. The van der Waals surface area contributed by atoms with Crippen molar-refractivity contribution in [3.63, 3.8) is 0 Å². The van der Waals surface area contributed by atoms with Crippen molar-refractivity contribution in [3.8, 4) is 0 Å². The van der Waals surface area contributed by atoms with E-state index >= 15 is 0 Å². The molecule has 0 aromatic rings. The summed E-state index contributed by atoms with van der Waals surface area (Å²) in [7, 11) is 0. The van der Waals surface area contributed by atoms with E-state index in [1.807, 2.05) is 0 Å². The van der Waals surface area contributed by atoms with Crippen LogP contribution in [-0.4, -0.2) is 18.9 Å². The normalized spacial score (nSPS) is 15.8. The van der Waals surface area contributed by atoms with Gasteiger partial charge in [-0.1, -0.05) is 13.8 Å². The highest BCUT2D eigenvalue weighted by Crippen LogP contribution is 2.25. The molecule has 0 saturated carbocycles. The molecule has 0 saturated heterocycles. The topological polar surface area (TPSA) is 9.23 Å². The molecule has 74 valence electrons. The van der Waals surface area contributed by atoms with Crippen molar-refractivity contribution in [2.75, 3.05) is 0 Å². The molecular formula is C6H9F5O. The van der Waals surface area contributed by atoms with Gasteiger partial charge in [0.25, 0.3) is 6.43 Å². The van der Waals surface area contributed by atoms with Crippen molar-refractivity contribution in [1.29, 1.82) is 0 Å². The van der Waals surface area contributed by atoms with Gasteiger partial charge in [0, 0.05) is 0 Å². The Bertz CT molecular complexity index is 122. The number of halogens is 5. The number of hydrogen-bond donors (Lipinski definition) is 0. The molecular weight excluding hydrogens is 183 g/mol. The van der Waals surface area contributed by atoms with Crippen LogP contribution >= 0.6 is 0 Å². The van der Waals surface area contributed by atoms with Gasteiger partial charge in [0.15, 0.2) is 0 Å². The molecule has 1 atom stereocenters. The van der Waals surface area contributed by atoms with Crippen molar-refractivity contribution < 1.29 is 26.7 Å². The lowest BCUT2D eigenvalue weighted by Crippen LogP contribution is -2.33. The van der Waals surface area contributed by atoms with E-state index in [-0.39, 0.29) is 0 Å². The summed E-state index contributed by atoms with van der Waals surface area (Å²) in [6.07, 6.45) is -10.2. The van der Waals surface area contributed by atoms with Gasteiger partial charge in [-0.2, -0.15) is 0 Å². The molecule has 0 aromatic heterocycles. The number of rotatable bonds is 3. The summed E-state index contributed by atoms with van der Waals surface area (Å²) in [4.78, 5) is 0. The maximum atomic E-state index is 11.9. The van der Waals surface area contributed by atoms with Gasteiger partial charge in [-0.15, -0.1) is 13.2 Å². The summed E-state index contributed by atoms with van der Waals surface area (Å²) >= 11 is 0. The average Bonchev–Trinajstić information content (AvgIpc) is 1.79. The highest BCUT2D eigenvalue weighted by molar-refractivity contribution is 4.65. The predicted molar refractivity (Wildman–Crippen MR) is 31.8 cm³/mol. The number of alkyl halides is 5. The molecule has 1 unspecified atom stereocenters. The lowest BCUT2D eigenvalue weighted by molar-refractivity contribution is -0.359. The summed E-state index contributed by atoms with van der Waals surface area (Å²) in [6.45, 7) is 2.48. The lowest BCUT2D eigenvalue weighted by atomic mass is 10.1. The summed E-state index contributed by atoms with van der Waals surface area (Å²) in [6, 6.07) is 0. The van der Waals surface area contributed by atoms with Crippen LogP contribution in [0.5, 0.6) is 0 Å². The third-order valence-electron chi connectivity index (χ3n) is 1.18. The standard InChI is InChI=1S/C6H9F5O/c1-3(2)4(5(7)8)12-6(9,10)11/h3-5H,1-2H3. The Morgan fingerprint density at radius 3 is 1.58 bits per heavy atom. The third kappa shape index (κ3) is 4.48. The van der Waals surface area contributed by atoms with E-state index in [1.165, 1.54) is 13.8 Å². The molecule has 12 heavy (non-hydrogen) atoms. The predicted octanol–water partition coefficient (Wildman–Crippen LogP) is 2.81. The highest BCUT2D eigenvalue weighted by atomic mass is 19.4. The van der Waals surface area contributed by atoms with Crippen LogP contribution in [0.4, 0.5) is 22.0 Å². The molecule has 1 nitrogen and oxygen atoms in total. The molecule has 0 spiro atoms. The van der Waals surface area contributed by atoms with Crippen LogP contribution in [0.25, 0.3) is 0 Å². The second-order valence-electron chi connectivity index (χ2n) is 2.61. The molecule has 0 fully saturated rings. The van der Waals surface area contributed by atoms with Gasteiger partial charge in [-0.05, 0) is 5.92 Å². The van der Waals surface area contributed by atoms with E-state index in [1.54, 1.807) is 0 Å². The SMILES string of the molecule is CC(C)C(OC(F)(F)F)C(F)F. The second kappa shape index (κ2) is 4.02. The highest BCUT2D eigenvalue weighted by Gasteiger charge is 2.38. The fourth-order valence-corrected chi connectivity index (χ4v) is 0.633. The first-order valence-electron chi connectivity index (χ1n) is 3.26. The van der Waals surface area contributed by atoms with E-state index in [4.69, 9.17) is 0 Å². The molecule has 0 heterocycles. The van der Waals surface area contributed by atoms with Crippen molar-refractivity contribution in [1.82, 2.24) is 0 Å². The van der Waals surface area contributed by atoms with E-state index in [9.17, 15) is 22.0 Å². The number of ether oxygens (including phenoxy) is 1. The fourth-order valence-electron chi connectivity index (χ4n) is 0.633. The quantitative estimate of drug-likeness (QED) is 0.624. The largest absolute Gasteiger partial charge is 0.522 e. The van der Waals surface area contributed by atoms with Crippen LogP contribution in [-0.2, 0) is 4.74 Å². The molecule has 0 aromatic carbocycles. The van der Waals surface area contributed by atoms with Crippen molar-refractivity contribution in [2.24, 2.45) is 5.92 Å². The lowest BCUT2D eigenvalue weighted by Gasteiger charge is -2.21. The van der Waals surface area contributed by atoms with Crippen molar-refractivity contribution in [2.45, 2.75) is 32.7 Å². The first-order chi connectivity index (χ1) is 5.24. The molecule has 0 aliphatic rings. The van der Waals surface area contributed by atoms with Crippen LogP contribution in [0.1, 0.15) is 13.8 Å². The molecule has 0 amide bonds. The van der Waals surface area contributed by atoms with E-state index in [2.05, 4.69) is 4.74 Å². The van der Waals surface area contributed by atoms with Gasteiger partial charge in [0.05, 0.1) is 0 Å². The third-order valence-corrected chi connectivity index (χ3v) is 1.18. The molecule has 0 N–H and O–H groups in total. The maximum Gasteiger partial charge on any atom is 0.522 e. The molecule has 0 aliphatic heterocycles. The van der Waals surface area contributed by atoms with Gasteiger partial charge >= 0.3 is 6.36 Å². The zero-order chi connectivity index (χ0) is 9.94.